The molecule has 2 rings (SSSR count). The Morgan fingerprint density at radius 3 is 2.67 bits per heavy atom. The van der Waals surface area contributed by atoms with E-state index in [1.807, 2.05) is 30.3 Å². The second kappa shape index (κ2) is 4.68. The molecule has 1 heterocycles. The van der Waals surface area contributed by atoms with Gasteiger partial charge in [0.05, 0.1) is 13.2 Å². The summed E-state index contributed by atoms with van der Waals surface area (Å²) in [6.07, 6.45) is 0. The van der Waals surface area contributed by atoms with Crippen LogP contribution in [0, 0.1) is 0 Å². The predicted molar refractivity (Wildman–Crippen MR) is 63.0 cm³/mol. The van der Waals surface area contributed by atoms with Crippen molar-refractivity contribution >= 4 is 16.9 Å². The van der Waals surface area contributed by atoms with Gasteiger partial charge in [0.15, 0.2) is 0 Å². The molecule has 3 N–H and O–H groups in total. The second-order valence-electron chi connectivity index (χ2n) is 3.49. The molecule has 0 bridgehead atoms. The molecule has 80 valence electrons. The summed E-state index contributed by atoms with van der Waals surface area (Å²) in [4.78, 5) is 0. The van der Waals surface area contributed by atoms with Crippen LogP contribution < -0.4 is 5.73 Å². The van der Waals surface area contributed by atoms with Gasteiger partial charge in [-0.05, 0) is 17.3 Å². The highest BCUT2D eigenvalue weighted by Gasteiger charge is 2.26. The third-order valence-electron chi connectivity index (χ3n) is 2.60. The van der Waals surface area contributed by atoms with E-state index in [1.165, 1.54) is 0 Å². The Hall–Kier alpha value is -1.00. The molecule has 3 nitrogen and oxygen atoms in total. The SMILES string of the molecule is NC1=[N+](C(CO)c2ccccc2)CCS1. The maximum absolute atomic E-state index is 9.44. The molecule has 1 atom stereocenters. The number of thioether (sulfide) groups is 1. The first kappa shape index (κ1) is 10.5. The van der Waals surface area contributed by atoms with Crippen LogP contribution in [-0.4, -0.2) is 33.8 Å². The molecule has 0 saturated carbocycles. The average molecular weight is 223 g/mol. The summed E-state index contributed by atoms with van der Waals surface area (Å²) in [5, 5.41) is 10.3. The Labute approximate surface area is 93.6 Å². The fourth-order valence-corrected chi connectivity index (χ4v) is 2.69. The molecular weight excluding hydrogens is 208 g/mol. The van der Waals surface area contributed by atoms with Crippen LogP contribution in [0.4, 0.5) is 0 Å². The number of aliphatic hydroxyl groups is 1. The van der Waals surface area contributed by atoms with Crippen molar-refractivity contribution in [2.45, 2.75) is 6.04 Å². The van der Waals surface area contributed by atoms with E-state index >= 15 is 0 Å². The smallest absolute Gasteiger partial charge is 0.304 e. The van der Waals surface area contributed by atoms with Crippen molar-refractivity contribution in [2.24, 2.45) is 5.73 Å². The third-order valence-corrected chi connectivity index (χ3v) is 3.52. The van der Waals surface area contributed by atoms with Crippen molar-refractivity contribution in [1.82, 2.24) is 0 Å². The minimum Gasteiger partial charge on any atom is -0.392 e. The highest BCUT2D eigenvalue weighted by atomic mass is 32.2. The van der Waals surface area contributed by atoms with E-state index in [9.17, 15) is 5.11 Å². The monoisotopic (exact) mass is 223 g/mol. The third kappa shape index (κ3) is 2.16. The van der Waals surface area contributed by atoms with Gasteiger partial charge >= 0.3 is 5.17 Å². The largest absolute Gasteiger partial charge is 0.392 e. The van der Waals surface area contributed by atoms with E-state index in [4.69, 9.17) is 5.73 Å². The van der Waals surface area contributed by atoms with Gasteiger partial charge in [0.25, 0.3) is 0 Å². The fraction of sp³-hybridized carbons (Fsp3) is 0.364. The molecule has 0 spiro atoms. The summed E-state index contributed by atoms with van der Waals surface area (Å²) >= 11 is 1.65. The lowest BCUT2D eigenvalue weighted by Crippen LogP contribution is -2.28. The molecule has 1 aromatic rings. The molecule has 1 unspecified atom stereocenters. The van der Waals surface area contributed by atoms with Crippen molar-refractivity contribution in [3.63, 3.8) is 0 Å². The van der Waals surface area contributed by atoms with Crippen LogP contribution >= 0.6 is 11.8 Å². The normalized spacial score (nSPS) is 18.2. The van der Waals surface area contributed by atoms with Crippen LogP contribution in [-0.2, 0) is 0 Å². The first-order valence-corrected chi connectivity index (χ1v) is 5.99. The molecule has 1 aliphatic rings. The van der Waals surface area contributed by atoms with Crippen LogP contribution in [0.25, 0.3) is 0 Å². The van der Waals surface area contributed by atoms with Crippen LogP contribution in [0.3, 0.4) is 0 Å². The van der Waals surface area contributed by atoms with E-state index in [1.54, 1.807) is 11.8 Å². The van der Waals surface area contributed by atoms with Crippen molar-refractivity contribution in [3.8, 4) is 0 Å². The van der Waals surface area contributed by atoms with Gasteiger partial charge in [-0.25, -0.2) is 4.58 Å². The minimum absolute atomic E-state index is 0.00111. The van der Waals surface area contributed by atoms with E-state index in [2.05, 4.69) is 4.58 Å². The van der Waals surface area contributed by atoms with Gasteiger partial charge < -0.3 is 5.11 Å². The Kier molecular flexibility index (Phi) is 3.28. The Morgan fingerprint density at radius 1 is 1.40 bits per heavy atom. The van der Waals surface area contributed by atoms with E-state index in [0.29, 0.717) is 0 Å². The Balaban J connectivity index is 2.29. The second-order valence-corrected chi connectivity index (χ2v) is 4.60. The molecule has 4 heteroatoms. The van der Waals surface area contributed by atoms with Crippen molar-refractivity contribution in [1.29, 1.82) is 0 Å². The number of hydrogen-bond acceptors (Lipinski definition) is 3. The first-order chi connectivity index (χ1) is 7.33. The molecule has 15 heavy (non-hydrogen) atoms. The Morgan fingerprint density at radius 2 is 2.13 bits per heavy atom. The zero-order valence-electron chi connectivity index (χ0n) is 8.47. The zero-order chi connectivity index (χ0) is 10.7. The van der Waals surface area contributed by atoms with Crippen molar-refractivity contribution in [2.75, 3.05) is 18.9 Å². The van der Waals surface area contributed by atoms with Gasteiger partial charge in [-0.15, -0.1) is 0 Å². The number of aliphatic hydroxyl groups excluding tert-OH is 1. The number of nitrogens with zero attached hydrogens (tertiary/aromatic N) is 1. The molecule has 0 aliphatic carbocycles. The number of amidine groups is 1. The van der Waals surface area contributed by atoms with Gasteiger partial charge in [-0.3, -0.25) is 5.73 Å². The summed E-state index contributed by atoms with van der Waals surface area (Å²) in [5.74, 6) is 1.01. The zero-order valence-corrected chi connectivity index (χ0v) is 9.28. The first-order valence-electron chi connectivity index (χ1n) is 5.00. The quantitative estimate of drug-likeness (QED) is 0.745. The molecule has 0 amide bonds. The van der Waals surface area contributed by atoms with Crippen LogP contribution in [0.2, 0.25) is 0 Å². The lowest BCUT2D eigenvalue weighted by atomic mass is 10.1. The molecule has 0 aromatic heterocycles. The van der Waals surface area contributed by atoms with Gasteiger partial charge in [0, 0.05) is 5.75 Å². The van der Waals surface area contributed by atoms with Gasteiger partial charge in [0.1, 0.15) is 6.04 Å². The number of nitrogens with two attached hydrogens (primary N) is 1. The van der Waals surface area contributed by atoms with E-state index in [0.717, 1.165) is 23.0 Å². The van der Waals surface area contributed by atoms with Crippen molar-refractivity contribution in [3.05, 3.63) is 35.9 Å². The standard InChI is InChI=1S/C11H14N2OS/c12-11-13(6-7-15-11)10(8-14)9-4-2-1-3-5-9/h1-5,10,12,14H,6-8H2/p+1. The number of hydrogen-bond donors (Lipinski definition) is 2. The molecule has 1 aliphatic heterocycles. The van der Waals surface area contributed by atoms with E-state index in [-0.39, 0.29) is 12.6 Å². The predicted octanol–water partition coefficient (Wildman–Crippen LogP) is 0.794. The lowest BCUT2D eigenvalue weighted by Gasteiger charge is -2.15. The van der Waals surface area contributed by atoms with Gasteiger partial charge in [-0.1, -0.05) is 30.3 Å². The van der Waals surface area contributed by atoms with Crippen LogP contribution in [0.5, 0.6) is 0 Å². The van der Waals surface area contributed by atoms with Gasteiger partial charge in [0.2, 0.25) is 0 Å². The Bertz CT molecular complexity index is 364. The summed E-state index contributed by atoms with van der Waals surface area (Å²) in [6, 6.07) is 9.99. The number of benzene rings is 1. The summed E-state index contributed by atoms with van der Waals surface area (Å²) in [7, 11) is 0. The minimum atomic E-state index is 0.00111. The topological polar surface area (TPSA) is 49.3 Å². The van der Waals surface area contributed by atoms with Crippen LogP contribution in [0.15, 0.2) is 30.3 Å². The van der Waals surface area contributed by atoms with Crippen LogP contribution in [0.1, 0.15) is 11.6 Å². The van der Waals surface area contributed by atoms with Gasteiger partial charge in [-0.2, -0.15) is 0 Å². The molecule has 0 fully saturated rings. The number of rotatable bonds is 3. The molecular formula is C11H15N2OS+. The maximum Gasteiger partial charge on any atom is 0.304 e. The summed E-state index contributed by atoms with van der Waals surface area (Å²) < 4.78 is 2.07. The lowest BCUT2D eigenvalue weighted by molar-refractivity contribution is -0.567. The average Bonchev–Trinajstić information content (AvgIpc) is 2.68. The molecule has 0 saturated heterocycles. The molecule has 0 radical (unpaired) electrons. The summed E-state index contributed by atoms with van der Waals surface area (Å²) in [6.45, 7) is 1.02. The highest BCUT2D eigenvalue weighted by molar-refractivity contribution is 8.13. The van der Waals surface area contributed by atoms with E-state index < -0.39 is 0 Å². The summed E-state index contributed by atoms with van der Waals surface area (Å²) in [5.41, 5.74) is 7.00. The molecule has 1 aromatic carbocycles. The fourth-order valence-electron chi connectivity index (χ4n) is 1.81. The van der Waals surface area contributed by atoms with Crippen molar-refractivity contribution < 1.29 is 9.68 Å². The highest BCUT2D eigenvalue weighted by Crippen LogP contribution is 2.21. The maximum atomic E-state index is 9.44.